The number of hydrogen-bond donors (Lipinski definition) is 1. The Bertz CT molecular complexity index is 1270. The average Bonchev–Trinajstić information content (AvgIpc) is 3.12. The van der Waals surface area contributed by atoms with Gasteiger partial charge in [0.25, 0.3) is 0 Å². The van der Waals surface area contributed by atoms with Crippen LogP contribution in [0.3, 0.4) is 0 Å². The van der Waals surface area contributed by atoms with Crippen molar-refractivity contribution in [2.75, 3.05) is 28.3 Å². The Morgan fingerprint density at radius 2 is 1.73 bits per heavy atom. The SMILES string of the molecule is Cc1ccc(N(CC(=O)Nc2ccc(-c3cocn3)cc2)C(=O)C2[C@H]3CS(=O)(=O)C[C@@H]23)cc1. The van der Waals surface area contributed by atoms with E-state index in [1.165, 1.54) is 17.6 Å². The lowest BCUT2D eigenvalue weighted by Gasteiger charge is -2.23. The van der Waals surface area contributed by atoms with Gasteiger partial charge in [0.2, 0.25) is 11.8 Å². The largest absolute Gasteiger partial charge is 0.451 e. The highest BCUT2D eigenvalue weighted by atomic mass is 32.2. The molecule has 9 heteroatoms. The molecule has 0 radical (unpaired) electrons. The molecular weight excluding hydrogens is 442 g/mol. The molecule has 8 nitrogen and oxygen atoms in total. The number of rotatable bonds is 6. The van der Waals surface area contributed by atoms with Crippen molar-refractivity contribution in [1.29, 1.82) is 0 Å². The van der Waals surface area contributed by atoms with E-state index in [2.05, 4.69) is 10.3 Å². The first-order valence-corrected chi connectivity index (χ1v) is 12.5. The van der Waals surface area contributed by atoms with Crippen molar-refractivity contribution in [3.63, 3.8) is 0 Å². The van der Waals surface area contributed by atoms with Gasteiger partial charge in [0.1, 0.15) is 18.5 Å². The number of nitrogens with zero attached hydrogens (tertiary/aromatic N) is 2. The van der Waals surface area contributed by atoms with Crippen molar-refractivity contribution in [3.05, 3.63) is 66.8 Å². The van der Waals surface area contributed by atoms with Gasteiger partial charge in [-0.3, -0.25) is 9.59 Å². The van der Waals surface area contributed by atoms with Crippen molar-refractivity contribution < 1.29 is 22.4 Å². The zero-order valence-corrected chi connectivity index (χ0v) is 18.8. The quantitative estimate of drug-likeness (QED) is 0.600. The maximum Gasteiger partial charge on any atom is 0.244 e. The molecule has 3 atom stereocenters. The van der Waals surface area contributed by atoms with E-state index in [0.717, 1.165) is 11.1 Å². The summed E-state index contributed by atoms with van der Waals surface area (Å²) in [5.41, 5.74) is 3.81. The lowest BCUT2D eigenvalue weighted by atomic mass is 10.1. The molecule has 2 aliphatic rings. The van der Waals surface area contributed by atoms with Gasteiger partial charge in [0.05, 0.1) is 11.5 Å². The fourth-order valence-electron chi connectivity index (χ4n) is 4.54. The highest BCUT2D eigenvalue weighted by Crippen LogP contribution is 2.54. The van der Waals surface area contributed by atoms with Crippen LogP contribution in [0.25, 0.3) is 11.3 Å². The molecule has 5 rings (SSSR count). The van der Waals surface area contributed by atoms with Crippen molar-refractivity contribution in [2.24, 2.45) is 17.8 Å². The van der Waals surface area contributed by atoms with E-state index in [-0.39, 0.29) is 47.6 Å². The third-order valence-corrected chi connectivity index (χ3v) is 8.11. The lowest BCUT2D eigenvalue weighted by molar-refractivity contribution is -0.122. The Morgan fingerprint density at radius 3 is 2.33 bits per heavy atom. The molecule has 2 fully saturated rings. The van der Waals surface area contributed by atoms with Crippen LogP contribution in [0, 0.1) is 24.7 Å². The first-order valence-electron chi connectivity index (χ1n) is 10.7. The fraction of sp³-hybridized carbons (Fsp3) is 0.292. The molecule has 2 amide bonds. The summed E-state index contributed by atoms with van der Waals surface area (Å²) in [5, 5.41) is 2.83. The minimum Gasteiger partial charge on any atom is -0.451 e. The van der Waals surface area contributed by atoms with Gasteiger partial charge >= 0.3 is 0 Å². The van der Waals surface area contributed by atoms with E-state index in [0.29, 0.717) is 17.1 Å². The molecule has 0 bridgehead atoms. The van der Waals surface area contributed by atoms with Gasteiger partial charge in [-0.25, -0.2) is 13.4 Å². The van der Waals surface area contributed by atoms with E-state index in [9.17, 15) is 18.0 Å². The van der Waals surface area contributed by atoms with Crippen LogP contribution < -0.4 is 10.2 Å². The molecule has 1 unspecified atom stereocenters. The number of oxazole rings is 1. The van der Waals surface area contributed by atoms with Crippen LogP contribution in [-0.4, -0.2) is 43.3 Å². The predicted octanol–water partition coefficient (Wildman–Crippen LogP) is 2.91. The number of aromatic nitrogens is 1. The van der Waals surface area contributed by atoms with Crippen LogP contribution >= 0.6 is 0 Å². The highest BCUT2D eigenvalue weighted by molar-refractivity contribution is 7.91. The third-order valence-electron chi connectivity index (χ3n) is 6.32. The number of carbonyl (C=O) groups excluding carboxylic acids is 2. The van der Waals surface area contributed by atoms with Gasteiger partial charge < -0.3 is 14.6 Å². The summed E-state index contributed by atoms with van der Waals surface area (Å²) in [5.74, 6) is -1.04. The van der Waals surface area contributed by atoms with E-state index >= 15 is 0 Å². The van der Waals surface area contributed by atoms with Gasteiger partial charge in [-0.05, 0) is 43.0 Å². The number of benzene rings is 2. The van der Waals surface area contributed by atoms with Crippen LogP contribution in [0.2, 0.25) is 0 Å². The summed E-state index contributed by atoms with van der Waals surface area (Å²) < 4.78 is 28.6. The van der Waals surface area contributed by atoms with Gasteiger partial charge in [-0.1, -0.05) is 29.8 Å². The Morgan fingerprint density at radius 1 is 1.06 bits per heavy atom. The summed E-state index contributed by atoms with van der Waals surface area (Å²) >= 11 is 0. The Kier molecular flexibility index (Phi) is 5.28. The molecule has 1 aliphatic heterocycles. The second kappa shape index (κ2) is 8.15. The second-order valence-electron chi connectivity index (χ2n) is 8.69. The zero-order chi connectivity index (χ0) is 23.2. The van der Waals surface area contributed by atoms with Crippen molar-refractivity contribution >= 4 is 33.0 Å². The Balaban J connectivity index is 1.30. The summed E-state index contributed by atoms with van der Waals surface area (Å²) in [4.78, 5) is 31.7. The maximum atomic E-state index is 13.3. The summed E-state index contributed by atoms with van der Waals surface area (Å²) in [6.45, 7) is 1.79. The molecule has 0 spiro atoms. The molecule has 2 heterocycles. The third kappa shape index (κ3) is 4.41. The summed E-state index contributed by atoms with van der Waals surface area (Å²) in [6, 6.07) is 14.5. The van der Waals surface area contributed by atoms with Crippen molar-refractivity contribution in [3.8, 4) is 11.3 Å². The van der Waals surface area contributed by atoms with Crippen LogP contribution in [0.1, 0.15) is 5.56 Å². The Hall–Kier alpha value is -3.46. The monoisotopic (exact) mass is 465 g/mol. The first kappa shape index (κ1) is 21.4. The number of aryl methyl sites for hydroxylation is 1. The van der Waals surface area contributed by atoms with Gasteiger partial charge in [0, 0.05) is 22.9 Å². The second-order valence-corrected chi connectivity index (χ2v) is 10.8. The molecular formula is C24H23N3O5S. The average molecular weight is 466 g/mol. The highest BCUT2D eigenvalue weighted by Gasteiger charge is 2.62. The number of fused-ring (bicyclic) bond motifs is 1. The van der Waals surface area contributed by atoms with Crippen molar-refractivity contribution in [1.82, 2.24) is 4.98 Å². The molecule has 33 heavy (non-hydrogen) atoms. The summed E-state index contributed by atoms with van der Waals surface area (Å²) in [6.07, 6.45) is 2.89. The number of hydrogen-bond acceptors (Lipinski definition) is 6. The predicted molar refractivity (Wildman–Crippen MR) is 123 cm³/mol. The number of carbonyl (C=O) groups is 2. The number of nitrogens with one attached hydrogen (secondary N) is 1. The molecule has 1 N–H and O–H groups in total. The first-order chi connectivity index (χ1) is 15.8. The van der Waals surface area contributed by atoms with Gasteiger partial charge in [-0.15, -0.1) is 0 Å². The van der Waals surface area contributed by atoms with E-state index in [1.54, 1.807) is 12.1 Å². The molecule has 1 saturated carbocycles. The van der Waals surface area contributed by atoms with Crippen molar-refractivity contribution in [2.45, 2.75) is 6.92 Å². The smallest absolute Gasteiger partial charge is 0.244 e. The standard InChI is InChI=1S/C24H23N3O5S/c1-15-2-8-18(9-3-15)27(24(29)23-19-12-33(30,31)13-20(19)23)10-22(28)26-17-6-4-16(5-7-17)21-11-32-14-25-21/h2-9,11,14,19-20,23H,10,12-13H2,1H3,(H,26,28)/t19-,20+,23?. The number of sulfone groups is 1. The molecule has 1 aliphatic carbocycles. The molecule has 170 valence electrons. The van der Waals surface area contributed by atoms with E-state index in [4.69, 9.17) is 4.42 Å². The summed E-state index contributed by atoms with van der Waals surface area (Å²) in [7, 11) is -3.05. The fourth-order valence-corrected chi connectivity index (χ4v) is 6.76. The lowest BCUT2D eigenvalue weighted by Crippen LogP contribution is -2.40. The normalized spacial score (nSPS) is 22.4. The minimum atomic E-state index is -3.05. The number of anilines is 2. The topological polar surface area (TPSA) is 110 Å². The zero-order valence-electron chi connectivity index (χ0n) is 18.0. The van der Waals surface area contributed by atoms with Crippen LogP contribution in [0.15, 0.2) is 65.6 Å². The maximum absolute atomic E-state index is 13.3. The van der Waals surface area contributed by atoms with E-state index in [1.807, 2.05) is 43.3 Å². The van der Waals surface area contributed by atoms with Crippen LogP contribution in [-0.2, 0) is 19.4 Å². The molecule has 2 aromatic carbocycles. The van der Waals surface area contributed by atoms with E-state index < -0.39 is 9.84 Å². The Labute approximate surface area is 191 Å². The van der Waals surface area contributed by atoms with Crippen LogP contribution in [0.5, 0.6) is 0 Å². The minimum absolute atomic E-state index is 0.0554. The molecule has 1 aromatic heterocycles. The van der Waals surface area contributed by atoms with Crippen LogP contribution in [0.4, 0.5) is 11.4 Å². The number of amides is 2. The van der Waals surface area contributed by atoms with Gasteiger partial charge in [-0.2, -0.15) is 0 Å². The van der Waals surface area contributed by atoms with Gasteiger partial charge in [0.15, 0.2) is 16.2 Å². The molecule has 3 aromatic rings. The molecule has 1 saturated heterocycles.